The van der Waals surface area contributed by atoms with Gasteiger partial charge in [-0.25, -0.2) is 4.68 Å². The first kappa shape index (κ1) is 24.7. The normalized spacial score (nSPS) is 15.5. The van der Waals surface area contributed by atoms with Gasteiger partial charge in [0.15, 0.2) is 17.1 Å². The van der Waals surface area contributed by atoms with E-state index < -0.39 is 29.2 Å². The Hall–Kier alpha value is -4.38. The molecule has 2 unspecified atom stereocenters. The second kappa shape index (κ2) is 10.5. The number of carbonyl (C=O) groups is 1. The number of aliphatic hydroxyl groups is 2. The number of aliphatic hydroxyl groups excluding tert-OH is 2. The summed E-state index contributed by atoms with van der Waals surface area (Å²) >= 11 is 0. The van der Waals surface area contributed by atoms with Crippen molar-refractivity contribution in [3.8, 4) is 29.4 Å². The van der Waals surface area contributed by atoms with Crippen LogP contribution in [0.3, 0.4) is 0 Å². The molecule has 1 amide bonds. The van der Waals surface area contributed by atoms with Gasteiger partial charge in [0.25, 0.3) is 5.91 Å². The molecular weight excluding hydrogens is 462 g/mol. The van der Waals surface area contributed by atoms with Crippen LogP contribution in [0.15, 0.2) is 47.5 Å². The predicted molar refractivity (Wildman–Crippen MR) is 130 cm³/mol. The Morgan fingerprint density at radius 3 is 2.44 bits per heavy atom. The van der Waals surface area contributed by atoms with E-state index in [1.807, 2.05) is 44.2 Å². The number of amides is 1. The van der Waals surface area contributed by atoms with Crippen molar-refractivity contribution in [3.05, 3.63) is 75.5 Å². The molecule has 1 aliphatic heterocycles. The zero-order chi connectivity index (χ0) is 25.8. The number of aromatic hydroxyl groups is 1. The van der Waals surface area contributed by atoms with Crippen molar-refractivity contribution in [2.45, 2.75) is 32.0 Å². The molecular formula is C26H25N5O5. The molecule has 1 aromatic carbocycles. The average Bonchev–Trinajstić information content (AvgIpc) is 3.27. The molecule has 3 aromatic rings. The van der Waals surface area contributed by atoms with Gasteiger partial charge in [0.05, 0.1) is 17.8 Å². The Bertz CT molecular complexity index is 1410. The molecule has 184 valence electrons. The minimum absolute atomic E-state index is 0.180. The van der Waals surface area contributed by atoms with Crippen LogP contribution in [0.5, 0.6) is 5.75 Å². The maximum atomic E-state index is 13.2. The van der Waals surface area contributed by atoms with Crippen LogP contribution < -0.4 is 5.43 Å². The van der Waals surface area contributed by atoms with Crippen LogP contribution in [0, 0.1) is 23.7 Å². The highest BCUT2D eigenvalue weighted by molar-refractivity contribution is 5.95. The molecule has 0 saturated carbocycles. The molecule has 0 spiro atoms. The lowest BCUT2D eigenvalue weighted by molar-refractivity contribution is 0.0547. The number of carbonyl (C=O) groups excluding carboxylic acids is 1. The van der Waals surface area contributed by atoms with Gasteiger partial charge in [-0.1, -0.05) is 48.1 Å². The maximum absolute atomic E-state index is 13.2. The topological polar surface area (TPSA) is 134 Å². The number of aromatic nitrogens is 4. The molecule has 2 atom stereocenters. The van der Waals surface area contributed by atoms with Crippen LogP contribution in [0.4, 0.5) is 0 Å². The van der Waals surface area contributed by atoms with Crippen LogP contribution >= 0.6 is 0 Å². The van der Waals surface area contributed by atoms with Crippen LogP contribution in [0.2, 0.25) is 0 Å². The molecule has 3 heterocycles. The van der Waals surface area contributed by atoms with E-state index in [0.29, 0.717) is 11.3 Å². The quantitative estimate of drug-likeness (QED) is 0.457. The lowest BCUT2D eigenvalue weighted by atomic mass is 9.96. The number of rotatable bonds is 4. The predicted octanol–water partition coefficient (Wildman–Crippen LogP) is 0.528. The summed E-state index contributed by atoms with van der Waals surface area (Å²) in [4.78, 5) is 27.0. The first-order valence-electron chi connectivity index (χ1n) is 11.3. The Labute approximate surface area is 207 Å². The fourth-order valence-electron chi connectivity index (χ4n) is 4.26. The number of hydrogen-bond donors (Lipinski definition) is 3. The first-order chi connectivity index (χ1) is 17.4. The van der Waals surface area contributed by atoms with Crippen molar-refractivity contribution in [2.75, 3.05) is 19.8 Å². The van der Waals surface area contributed by atoms with Gasteiger partial charge >= 0.3 is 0 Å². The molecule has 36 heavy (non-hydrogen) atoms. The van der Waals surface area contributed by atoms with Crippen molar-refractivity contribution in [1.29, 1.82) is 0 Å². The molecule has 4 rings (SSSR count). The molecule has 0 saturated heterocycles. The highest BCUT2D eigenvalue weighted by Gasteiger charge is 2.41. The third-order valence-electron chi connectivity index (χ3n) is 5.88. The standard InChI is InChI=1S/C26H25N5O5/c1-17(2)29-16-21(31-24(26(29)36)25(35)22(34)14-27-31)23(18-8-4-3-5-9-18)30-15-19(10-6-12-32)20(28-30)11-7-13-33/h3-5,8-9,14-15,17,21,23,32-33,35H,12-13,16H2,1-2H3. The first-order valence-corrected chi connectivity index (χ1v) is 11.3. The van der Waals surface area contributed by atoms with Gasteiger partial charge < -0.3 is 20.2 Å². The maximum Gasteiger partial charge on any atom is 0.276 e. The van der Waals surface area contributed by atoms with E-state index in [-0.39, 0.29) is 31.5 Å². The summed E-state index contributed by atoms with van der Waals surface area (Å²) in [7, 11) is 0. The van der Waals surface area contributed by atoms with Gasteiger partial charge in [0.1, 0.15) is 19.3 Å². The molecule has 0 aliphatic carbocycles. The van der Waals surface area contributed by atoms with Crippen molar-refractivity contribution < 1.29 is 20.1 Å². The monoisotopic (exact) mass is 487 g/mol. The average molecular weight is 488 g/mol. The minimum Gasteiger partial charge on any atom is -0.502 e. The second-order valence-corrected chi connectivity index (χ2v) is 8.42. The Morgan fingerprint density at radius 2 is 1.78 bits per heavy atom. The summed E-state index contributed by atoms with van der Waals surface area (Å²) < 4.78 is 3.03. The molecule has 0 bridgehead atoms. The third-order valence-corrected chi connectivity index (χ3v) is 5.88. The summed E-state index contributed by atoms with van der Waals surface area (Å²) in [5, 5.41) is 37.8. The Kier molecular flexibility index (Phi) is 7.20. The van der Waals surface area contributed by atoms with Crippen molar-refractivity contribution >= 4 is 5.91 Å². The van der Waals surface area contributed by atoms with E-state index in [2.05, 4.69) is 33.9 Å². The van der Waals surface area contributed by atoms with Crippen LogP contribution in [-0.2, 0) is 0 Å². The van der Waals surface area contributed by atoms with E-state index in [9.17, 15) is 24.9 Å². The van der Waals surface area contributed by atoms with E-state index in [1.165, 1.54) is 4.68 Å². The van der Waals surface area contributed by atoms with Gasteiger partial charge in [-0.3, -0.25) is 14.3 Å². The highest BCUT2D eigenvalue weighted by atomic mass is 16.3. The molecule has 2 aromatic heterocycles. The lowest BCUT2D eigenvalue weighted by Gasteiger charge is -2.40. The molecule has 0 radical (unpaired) electrons. The number of hydrogen-bond acceptors (Lipinski definition) is 7. The number of benzene rings is 1. The lowest BCUT2D eigenvalue weighted by Crippen LogP contribution is -2.50. The van der Waals surface area contributed by atoms with E-state index in [0.717, 1.165) is 11.8 Å². The fourth-order valence-corrected chi connectivity index (χ4v) is 4.26. The number of nitrogens with zero attached hydrogens (tertiary/aromatic N) is 5. The molecule has 10 heteroatoms. The fraction of sp³-hybridized carbons (Fsp3) is 0.308. The summed E-state index contributed by atoms with van der Waals surface area (Å²) in [5.41, 5.74) is 0.680. The van der Waals surface area contributed by atoms with Gasteiger partial charge in [-0.2, -0.15) is 10.2 Å². The third kappa shape index (κ3) is 4.60. The summed E-state index contributed by atoms with van der Waals surface area (Å²) in [5.74, 6) is 9.65. The van der Waals surface area contributed by atoms with Crippen LogP contribution in [0.1, 0.15) is 53.2 Å². The smallest absolute Gasteiger partial charge is 0.276 e. The Morgan fingerprint density at radius 1 is 1.08 bits per heavy atom. The molecule has 3 N–H and O–H groups in total. The summed E-state index contributed by atoms with van der Waals surface area (Å²) in [6.07, 6.45) is 2.67. The molecule has 1 aliphatic rings. The van der Waals surface area contributed by atoms with Gasteiger partial charge in [-0.05, 0) is 25.3 Å². The second-order valence-electron chi connectivity index (χ2n) is 8.42. The van der Waals surface area contributed by atoms with Crippen LogP contribution in [0.25, 0.3) is 0 Å². The van der Waals surface area contributed by atoms with Gasteiger partial charge in [-0.15, -0.1) is 0 Å². The zero-order valence-corrected chi connectivity index (χ0v) is 19.8. The van der Waals surface area contributed by atoms with Gasteiger partial charge in [0.2, 0.25) is 5.43 Å². The van der Waals surface area contributed by atoms with E-state index in [1.54, 1.807) is 15.8 Å². The van der Waals surface area contributed by atoms with Crippen LogP contribution in [-0.4, -0.2) is 71.5 Å². The Balaban J connectivity index is 1.97. The van der Waals surface area contributed by atoms with E-state index >= 15 is 0 Å². The minimum atomic E-state index is -0.738. The summed E-state index contributed by atoms with van der Waals surface area (Å²) in [6.45, 7) is 3.23. The SMILES string of the molecule is CC(C)N1CC(C(c2ccccc2)n2cc(C#CCO)c(C#CCO)n2)n2ncc(=O)c(O)c2C1=O. The van der Waals surface area contributed by atoms with E-state index in [4.69, 9.17) is 0 Å². The van der Waals surface area contributed by atoms with Crippen molar-refractivity contribution in [1.82, 2.24) is 24.5 Å². The molecule has 0 fully saturated rings. The largest absolute Gasteiger partial charge is 0.502 e. The zero-order valence-electron chi connectivity index (χ0n) is 19.8. The van der Waals surface area contributed by atoms with Gasteiger partial charge in [0, 0.05) is 18.8 Å². The molecule has 10 nitrogen and oxygen atoms in total. The summed E-state index contributed by atoms with van der Waals surface area (Å²) in [6, 6.07) is 8.10. The highest BCUT2D eigenvalue weighted by Crippen LogP contribution is 2.36. The van der Waals surface area contributed by atoms with Crippen molar-refractivity contribution in [2.24, 2.45) is 0 Å². The number of fused-ring (bicyclic) bond motifs is 1. The van der Waals surface area contributed by atoms with Crippen molar-refractivity contribution in [3.63, 3.8) is 0 Å².